The molecule has 3 rings (SSSR count). The van der Waals surface area contributed by atoms with Crippen LogP contribution in [0.25, 0.3) is 0 Å². The zero-order chi connectivity index (χ0) is 34.9. The van der Waals surface area contributed by atoms with Crippen LogP contribution in [0.5, 0.6) is 5.75 Å². The first-order valence-corrected chi connectivity index (χ1v) is 16.8. The number of hydrogen-bond acceptors (Lipinski definition) is 9. The Morgan fingerprint density at radius 3 is 1.83 bits per heavy atom. The Kier molecular flexibility index (Phi) is 17.2. The number of fused-ring (bicyclic) bond motifs is 1. The fourth-order valence-corrected chi connectivity index (χ4v) is 6.40. The van der Waals surface area contributed by atoms with Crippen LogP contribution in [0.2, 0.25) is 0 Å². The maximum atomic E-state index is 13.6. The highest BCUT2D eigenvalue weighted by atomic mass is 32.2. The zero-order valence-corrected chi connectivity index (χ0v) is 27.1. The fourth-order valence-electron chi connectivity index (χ4n) is 4.85. The lowest BCUT2D eigenvalue weighted by Crippen LogP contribution is -2.36. The first-order valence-electron chi connectivity index (χ1n) is 15.8. The quantitative estimate of drug-likeness (QED) is 0.0255. The van der Waals surface area contributed by atoms with E-state index in [0.29, 0.717) is 70.7 Å². The van der Waals surface area contributed by atoms with E-state index >= 15 is 0 Å². The second-order valence-corrected chi connectivity index (χ2v) is 12.3. The summed E-state index contributed by atoms with van der Waals surface area (Å²) < 4.78 is 87.1. The minimum Gasteiger partial charge on any atom is -0.420 e. The second-order valence-electron chi connectivity index (χ2n) is 11.0. The molecule has 270 valence electrons. The molecule has 3 atom stereocenters. The van der Waals surface area contributed by atoms with E-state index in [1.807, 2.05) is 11.8 Å². The first-order chi connectivity index (χ1) is 23.1. The number of benzene rings is 1. The summed E-state index contributed by atoms with van der Waals surface area (Å²) in [5.41, 5.74) is 0. The standard InChI is InChI=1S/C30H41F5N4O8S/c31-23-24(32)26(34)29(27(35)25(23)33)47-22(42)8-7-21(41)37-10-4-12-45-14-16-46-15-13-44-11-3-9-36-20(40)6-2-1-5-19-28-18(17-48-19)38-30(43)39-28/h18-19,28H,1-17H2,(H,36,40)(H,37,41)(H2,38,39,43)/t18-,19-,28-/m0/s1. The van der Waals surface area contributed by atoms with Gasteiger partial charge < -0.3 is 40.2 Å². The molecule has 0 bridgehead atoms. The molecule has 12 nitrogen and oxygen atoms in total. The summed E-state index contributed by atoms with van der Waals surface area (Å²) in [5.74, 6) is -14.2. The van der Waals surface area contributed by atoms with Crippen LogP contribution in [0.3, 0.4) is 0 Å². The number of ether oxygens (including phenoxy) is 4. The highest BCUT2D eigenvalue weighted by molar-refractivity contribution is 8.00. The molecule has 2 fully saturated rings. The van der Waals surface area contributed by atoms with Crippen LogP contribution < -0.4 is 26.0 Å². The lowest BCUT2D eigenvalue weighted by atomic mass is 10.0. The Morgan fingerprint density at radius 1 is 0.688 bits per heavy atom. The summed E-state index contributed by atoms with van der Waals surface area (Å²) in [6.45, 7) is 2.96. The van der Waals surface area contributed by atoms with Crippen molar-refractivity contribution in [2.45, 2.75) is 68.7 Å². The highest BCUT2D eigenvalue weighted by Crippen LogP contribution is 2.33. The first kappa shape index (κ1) is 39.2. The smallest absolute Gasteiger partial charge is 0.315 e. The Morgan fingerprint density at radius 2 is 1.23 bits per heavy atom. The van der Waals surface area contributed by atoms with Gasteiger partial charge in [0.25, 0.3) is 0 Å². The van der Waals surface area contributed by atoms with Crippen molar-refractivity contribution in [2.24, 2.45) is 0 Å². The minimum atomic E-state index is -2.38. The van der Waals surface area contributed by atoms with Crippen molar-refractivity contribution in [2.75, 3.05) is 58.5 Å². The van der Waals surface area contributed by atoms with Gasteiger partial charge in [0.05, 0.1) is 44.9 Å². The molecule has 2 heterocycles. The van der Waals surface area contributed by atoms with Crippen LogP contribution >= 0.6 is 11.8 Å². The fraction of sp³-hybridized carbons (Fsp3) is 0.667. The van der Waals surface area contributed by atoms with Gasteiger partial charge in [-0.25, -0.2) is 18.0 Å². The van der Waals surface area contributed by atoms with Crippen LogP contribution in [0.4, 0.5) is 26.7 Å². The third-order valence-corrected chi connectivity index (χ3v) is 8.85. The Balaban J connectivity index is 1.05. The summed E-state index contributed by atoms with van der Waals surface area (Å²) in [6.07, 6.45) is 3.25. The van der Waals surface area contributed by atoms with Crippen molar-refractivity contribution in [3.63, 3.8) is 0 Å². The number of nitrogens with one attached hydrogen (secondary N) is 4. The molecule has 0 spiro atoms. The zero-order valence-electron chi connectivity index (χ0n) is 26.3. The number of amides is 4. The third-order valence-electron chi connectivity index (χ3n) is 7.34. The van der Waals surface area contributed by atoms with Crippen LogP contribution in [0.1, 0.15) is 51.4 Å². The second kappa shape index (κ2) is 21.0. The third kappa shape index (κ3) is 13.0. The molecule has 4 N–H and O–H groups in total. The summed E-state index contributed by atoms with van der Waals surface area (Å²) >= 11 is 1.87. The van der Waals surface area contributed by atoms with Crippen molar-refractivity contribution >= 4 is 35.6 Å². The highest BCUT2D eigenvalue weighted by Gasteiger charge is 2.42. The van der Waals surface area contributed by atoms with E-state index in [0.717, 1.165) is 25.0 Å². The van der Waals surface area contributed by atoms with Crippen molar-refractivity contribution in [1.29, 1.82) is 0 Å². The SMILES string of the molecule is O=C(CCCC[C@@H]1SC[C@@H]2NC(=O)N[C@@H]21)NCCCOCCOCCOCCCNC(=O)CCC(=O)Oc1c(F)c(F)c(F)c(F)c1F. The van der Waals surface area contributed by atoms with Gasteiger partial charge in [-0.2, -0.15) is 20.5 Å². The number of carbonyl (C=O) groups excluding carboxylic acids is 4. The Labute approximate surface area is 278 Å². The molecule has 0 saturated carbocycles. The summed E-state index contributed by atoms with van der Waals surface area (Å²) in [4.78, 5) is 47.0. The number of esters is 1. The Hall–Kier alpha value is -3.22. The van der Waals surface area contributed by atoms with Gasteiger partial charge in [-0.3, -0.25) is 14.4 Å². The average Bonchev–Trinajstić information content (AvgIpc) is 3.62. The lowest BCUT2D eigenvalue weighted by Gasteiger charge is -2.16. The monoisotopic (exact) mass is 712 g/mol. The molecule has 4 amide bonds. The summed E-state index contributed by atoms with van der Waals surface area (Å²) in [5, 5.41) is 11.7. The van der Waals surface area contributed by atoms with Crippen molar-refractivity contribution < 1.29 is 60.1 Å². The minimum absolute atomic E-state index is 0.0204. The van der Waals surface area contributed by atoms with Crippen LogP contribution in [0, 0.1) is 29.1 Å². The van der Waals surface area contributed by atoms with Gasteiger partial charge in [-0.1, -0.05) is 6.42 Å². The van der Waals surface area contributed by atoms with E-state index in [2.05, 4.69) is 26.0 Å². The molecule has 2 saturated heterocycles. The number of urea groups is 1. The number of rotatable bonds is 23. The normalized spacial score (nSPS) is 18.3. The van der Waals surface area contributed by atoms with Gasteiger partial charge in [0.2, 0.25) is 46.6 Å². The van der Waals surface area contributed by atoms with Gasteiger partial charge >= 0.3 is 12.0 Å². The van der Waals surface area contributed by atoms with Gasteiger partial charge in [0.15, 0.2) is 0 Å². The summed E-state index contributed by atoms with van der Waals surface area (Å²) in [7, 11) is 0. The van der Waals surface area contributed by atoms with Crippen molar-refractivity contribution in [3.05, 3.63) is 29.1 Å². The van der Waals surface area contributed by atoms with Crippen LogP contribution in [-0.4, -0.2) is 99.6 Å². The molecule has 0 radical (unpaired) electrons. The molecule has 1 aromatic rings. The molecule has 2 aliphatic rings. The van der Waals surface area contributed by atoms with E-state index < -0.39 is 59.6 Å². The molecule has 1 aromatic carbocycles. The average molecular weight is 713 g/mol. The molecule has 48 heavy (non-hydrogen) atoms. The van der Waals surface area contributed by atoms with E-state index in [1.165, 1.54) is 0 Å². The number of hydrogen-bond donors (Lipinski definition) is 4. The molecule has 18 heteroatoms. The number of carbonyl (C=O) groups is 4. The van der Waals surface area contributed by atoms with E-state index in [1.54, 1.807) is 0 Å². The predicted molar refractivity (Wildman–Crippen MR) is 163 cm³/mol. The molecular formula is C30H41F5N4O8S. The molecular weight excluding hydrogens is 671 g/mol. The van der Waals surface area contributed by atoms with Crippen LogP contribution in [-0.2, 0) is 28.6 Å². The predicted octanol–water partition coefficient (Wildman–Crippen LogP) is 2.86. The maximum Gasteiger partial charge on any atom is 0.315 e. The van der Waals surface area contributed by atoms with Gasteiger partial charge in [-0.05, 0) is 25.7 Å². The van der Waals surface area contributed by atoms with Crippen molar-refractivity contribution in [1.82, 2.24) is 21.3 Å². The number of unbranched alkanes of at least 4 members (excludes halogenated alkanes) is 1. The van der Waals surface area contributed by atoms with E-state index in [-0.39, 0.29) is 30.6 Å². The molecule has 0 aliphatic carbocycles. The molecule has 0 unspecified atom stereocenters. The van der Waals surface area contributed by atoms with E-state index in [9.17, 15) is 41.1 Å². The van der Waals surface area contributed by atoms with Gasteiger partial charge in [0, 0.05) is 50.1 Å². The summed E-state index contributed by atoms with van der Waals surface area (Å²) in [6, 6.07) is 0.316. The van der Waals surface area contributed by atoms with Gasteiger partial charge in [0.1, 0.15) is 0 Å². The van der Waals surface area contributed by atoms with E-state index in [4.69, 9.17) is 14.2 Å². The lowest BCUT2D eigenvalue weighted by molar-refractivity contribution is -0.136. The largest absolute Gasteiger partial charge is 0.420 e. The number of halogens is 5. The van der Waals surface area contributed by atoms with Crippen LogP contribution in [0.15, 0.2) is 0 Å². The topological polar surface area (TPSA) is 153 Å². The Bertz CT molecular complexity index is 1220. The molecule has 0 aromatic heterocycles. The van der Waals surface area contributed by atoms with Crippen molar-refractivity contribution in [3.8, 4) is 5.75 Å². The van der Waals surface area contributed by atoms with Gasteiger partial charge in [-0.15, -0.1) is 0 Å². The molecule has 2 aliphatic heterocycles. The number of thioether (sulfide) groups is 1. The maximum absolute atomic E-state index is 13.6.